The molecule has 0 saturated heterocycles. The monoisotopic (exact) mass is 563 g/mol. The Morgan fingerprint density at radius 3 is 2.21 bits per heavy atom. The molecule has 28 heavy (non-hydrogen) atoms. The van der Waals surface area contributed by atoms with Crippen molar-refractivity contribution < 1.29 is 18.2 Å². The Kier molecular flexibility index (Phi) is 8.42. The van der Waals surface area contributed by atoms with E-state index in [0.29, 0.717) is 0 Å². The van der Waals surface area contributed by atoms with E-state index >= 15 is 0 Å². The fourth-order valence-electron chi connectivity index (χ4n) is 5.20. The summed E-state index contributed by atoms with van der Waals surface area (Å²) in [6.07, 6.45) is 13.3. The summed E-state index contributed by atoms with van der Waals surface area (Å²) in [5.74, 6) is 0. The van der Waals surface area contributed by atoms with Crippen molar-refractivity contribution in [3.05, 3.63) is 65.3 Å². The van der Waals surface area contributed by atoms with Crippen molar-refractivity contribution in [2.75, 3.05) is 26.2 Å². The predicted molar refractivity (Wildman–Crippen MR) is 122 cm³/mol. The van der Waals surface area contributed by atoms with Crippen LogP contribution in [-0.4, -0.2) is 45.7 Å². The van der Waals surface area contributed by atoms with Gasteiger partial charge < -0.3 is 0 Å². The maximum absolute atomic E-state index is 2.98. The van der Waals surface area contributed by atoms with E-state index in [-0.39, 0.29) is 0 Å². The Hall–Kier alpha value is 0.0418. The fourth-order valence-corrected chi connectivity index (χ4v) is 72.3. The minimum atomic E-state index is -2.60. The van der Waals surface area contributed by atoms with Crippen molar-refractivity contribution in [2.24, 2.45) is 0 Å². The first-order valence-electron chi connectivity index (χ1n) is 11.1. The summed E-state index contributed by atoms with van der Waals surface area (Å²) in [5.41, 5.74) is 4.84. The third-order valence-corrected chi connectivity index (χ3v) is 59.9. The molecule has 0 spiro atoms. The zero-order valence-corrected chi connectivity index (χ0v) is 23.7. The molecule has 0 heterocycles. The third-order valence-electron chi connectivity index (χ3n) is 6.56. The molecule has 4 heteroatoms. The van der Waals surface area contributed by atoms with Crippen molar-refractivity contribution in [1.29, 1.82) is 0 Å². The number of allylic oxidation sites excluding steroid dienone is 5. The van der Waals surface area contributed by atoms with Crippen molar-refractivity contribution in [3.63, 3.8) is 0 Å². The molecule has 0 aliphatic heterocycles. The maximum atomic E-state index is 2.98. The van der Waals surface area contributed by atoms with Crippen LogP contribution in [0, 0.1) is 0 Å². The predicted octanol–water partition coefficient (Wildman–Crippen LogP) is 5.93. The summed E-state index contributed by atoms with van der Waals surface area (Å²) in [6, 6.07) is 9.23. The Labute approximate surface area is 181 Å². The molecule has 2 atom stereocenters. The van der Waals surface area contributed by atoms with Gasteiger partial charge in [0.25, 0.3) is 0 Å². The number of hydrogen-bond acceptors (Lipinski definition) is 2. The van der Waals surface area contributed by atoms with Crippen LogP contribution in [0.15, 0.2) is 54.1 Å². The quantitative estimate of drug-likeness (QED) is 0.326. The first-order chi connectivity index (χ1) is 13.6. The molecule has 0 radical (unpaired) electrons. The molecule has 2 aliphatic rings. The molecule has 0 fully saturated rings. The molecule has 2 nitrogen and oxygen atoms in total. The summed E-state index contributed by atoms with van der Waals surface area (Å²) >= 11 is -4.57. The van der Waals surface area contributed by atoms with Crippen LogP contribution in [0.4, 0.5) is 0 Å². The molecule has 151 valence electrons. The van der Waals surface area contributed by atoms with E-state index < -0.39 is 32.0 Å². The second kappa shape index (κ2) is 10.4. The first kappa shape index (κ1) is 22.7. The van der Waals surface area contributed by atoms with E-state index in [9.17, 15) is 0 Å². The van der Waals surface area contributed by atoms with Crippen molar-refractivity contribution in [3.8, 4) is 0 Å². The van der Waals surface area contributed by atoms with Crippen LogP contribution in [0.1, 0.15) is 49.2 Å². The van der Waals surface area contributed by atoms with E-state index in [2.05, 4.69) is 93.0 Å². The molecule has 0 bridgehead atoms. The van der Waals surface area contributed by atoms with Gasteiger partial charge in [-0.15, -0.1) is 0 Å². The second-order valence-corrected chi connectivity index (χ2v) is 50.1. The van der Waals surface area contributed by atoms with Gasteiger partial charge in [-0.3, -0.25) is 0 Å². The van der Waals surface area contributed by atoms with Gasteiger partial charge in [-0.05, 0) is 0 Å². The standard InChI is InChI=1S/C9H7.C6H7.2C4H10N.CH3.Sn.Zr/c1-2-5-9-7-3-6-8(9)4-1;1-6-4-2-3-5-6;2*1-3-5-4-2;;;/h1-7H;2-4H,1,5H2;2*3-4H2,1-2H3;1H3;;/q;;2*-1;;;+2. The first-order valence-corrected chi connectivity index (χ1v) is 29.5. The molecular weight excluding hydrogens is 526 g/mol. The molecule has 1 aromatic carbocycles. The van der Waals surface area contributed by atoms with Crippen molar-refractivity contribution in [2.45, 2.75) is 47.4 Å². The van der Waals surface area contributed by atoms with Gasteiger partial charge in [0.05, 0.1) is 0 Å². The molecule has 0 aromatic heterocycles. The number of fused-ring (bicyclic) bond motifs is 1. The van der Waals surface area contributed by atoms with Crippen LogP contribution in [-0.2, 0) is 18.2 Å². The molecule has 0 amide bonds. The molecule has 2 unspecified atom stereocenters. The Morgan fingerprint density at radius 2 is 1.64 bits per heavy atom. The van der Waals surface area contributed by atoms with Crippen molar-refractivity contribution in [1.82, 2.24) is 5.69 Å². The summed E-state index contributed by atoms with van der Waals surface area (Å²) in [7, 11) is 0. The Bertz CT molecular complexity index is 737. The van der Waals surface area contributed by atoms with Crippen LogP contribution < -0.4 is 0 Å². The van der Waals surface area contributed by atoms with E-state index in [1.165, 1.54) is 42.6 Å². The Morgan fingerprint density at radius 1 is 1.00 bits per heavy atom. The summed E-state index contributed by atoms with van der Waals surface area (Å²) in [4.78, 5) is 2.84. The van der Waals surface area contributed by atoms with Crippen LogP contribution in [0.2, 0.25) is 9.38 Å². The van der Waals surface area contributed by atoms with Crippen LogP contribution >= 0.6 is 0 Å². The topological polar surface area (TPSA) is 6.48 Å². The third kappa shape index (κ3) is 4.53. The van der Waals surface area contributed by atoms with Gasteiger partial charge in [-0.2, -0.15) is 0 Å². The number of nitrogens with zero attached hydrogens (tertiary/aromatic N) is 2. The van der Waals surface area contributed by atoms with Gasteiger partial charge >= 0.3 is 183 Å². The van der Waals surface area contributed by atoms with Crippen LogP contribution in [0.25, 0.3) is 6.08 Å². The molecule has 2 aliphatic carbocycles. The van der Waals surface area contributed by atoms with Gasteiger partial charge in [0.2, 0.25) is 0 Å². The van der Waals surface area contributed by atoms with Crippen molar-refractivity contribution >= 4 is 19.9 Å². The number of hydrogen-bond donors (Lipinski definition) is 0. The zero-order valence-electron chi connectivity index (χ0n) is 18.4. The van der Waals surface area contributed by atoms with Crippen LogP contribution in [0.3, 0.4) is 0 Å². The summed E-state index contributed by atoms with van der Waals surface area (Å²) < 4.78 is 8.13. The molecule has 3 rings (SSSR count). The van der Waals surface area contributed by atoms with Crippen LogP contribution in [0.5, 0.6) is 0 Å². The number of rotatable bonds is 10. The SMILES string of the molecule is CC[N](CC)[Zr]([N](CC)CC)[Sn]([CH3])([CH2]C1=CC=CC1)[CH]1C=Cc2ccccc21. The Balaban J connectivity index is 2.09. The zero-order chi connectivity index (χ0) is 20.1. The minimum absolute atomic E-state index is 0.739. The molecule has 0 N–H and O–H groups in total. The van der Waals surface area contributed by atoms with Gasteiger partial charge in [0.15, 0.2) is 0 Å². The van der Waals surface area contributed by atoms with Gasteiger partial charge in [-0.25, -0.2) is 0 Å². The average molecular weight is 564 g/mol. The van der Waals surface area contributed by atoms with E-state index in [1.54, 1.807) is 11.1 Å². The summed E-state index contributed by atoms with van der Waals surface area (Å²) in [5, 5.41) is 0. The summed E-state index contributed by atoms with van der Waals surface area (Å²) in [6.45, 7) is 14.5. The molecule has 1 aromatic rings. The average Bonchev–Trinajstić information content (AvgIpc) is 3.38. The number of benzene rings is 1. The molecular formula is C24H37N2SnZr. The van der Waals surface area contributed by atoms with Gasteiger partial charge in [0.1, 0.15) is 0 Å². The molecule has 0 saturated carbocycles. The van der Waals surface area contributed by atoms with Gasteiger partial charge in [-0.1, -0.05) is 0 Å². The van der Waals surface area contributed by atoms with E-state index in [4.69, 9.17) is 0 Å². The van der Waals surface area contributed by atoms with E-state index in [1.807, 2.05) is 0 Å². The second-order valence-electron chi connectivity index (χ2n) is 8.19. The van der Waals surface area contributed by atoms with Gasteiger partial charge in [0, 0.05) is 0 Å². The van der Waals surface area contributed by atoms with E-state index in [0.717, 1.165) is 3.93 Å². The normalized spacial score (nSPS) is 20.0. The fraction of sp³-hybridized carbons (Fsp3) is 0.500.